The number of nitrogens with one attached hydrogen (secondary N) is 1. The van der Waals surface area contributed by atoms with Gasteiger partial charge in [0.15, 0.2) is 0 Å². The molecule has 0 fully saturated rings. The van der Waals surface area contributed by atoms with Crippen LogP contribution in [0.3, 0.4) is 0 Å². The molecule has 2 aromatic heterocycles. The van der Waals surface area contributed by atoms with Crippen LogP contribution in [-0.2, 0) is 0 Å². The van der Waals surface area contributed by atoms with Gasteiger partial charge in [-0.05, 0) is 12.3 Å². The van der Waals surface area contributed by atoms with Crippen LogP contribution >= 0.6 is 11.3 Å². The summed E-state index contributed by atoms with van der Waals surface area (Å²) in [7, 11) is 0. The highest BCUT2D eigenvalue weighted by atomic mass is 32.1. The predicted molar refractivity (Wildman–Crippen MR) is 84.2 cm³/mol. The van der Waals surface area contributed by atoms with Crippen molar-refractivity contribution in [2.45, 2.75) is 13.0 Å². The predicted octanol–water partition coefficient (Wildman–Crippen LogP) is 2.76. The first kappa shape index (κ1) is 13.5. The molecule has 0 radical (unpaired) electrons. The van der Waals surface area contributed by atoms with E-state index < -0.39 is 0 Å². The molecule has 0 saturated heterocycles. The molecule has 1 aromatic carbocycles. The molecule has 0 bridgehead atoms. The van der Waals surface area contributed by atoms with Gasteiger partial charge in [0, 0.05) is 23.2 Å². The summed E-state index contributed by atoms with van der Waals surface area (Å²) >= 11 is 1.51. The van der Waals surface area contributed by atoms with Crippen LogP contribution in [0.25, 0.3) is 10.8 Å². The van der Waals surface area contributed by atoms with Gasteiger partial charge in [-0.2, -0.15) is 0 Å². The number of benzene rings is 1. The van der Waals surface area contributed by atoms with Gasteiger partial charge in [0.05, 0.1) is 11.6 Å². The first-order chi connectivity index (χ1) is 10.2. The Balaban J connectivity index is 1.93. The first-order valence-corrected chi connectivity index (χ1v) is 7.38. The third-order valence-corrected chi connectivity index (χ3v) is 4.20. The van der Waals surface area contributed by atoms with E-state index in [4.69, 9.17) is 5.73 Å². The van der Waals surface area contributed by atoms with E-state index in [0.717, 1.165) is 15.8 Å². The third kappa shape index (κ3) is 2.57. The van der Waals surface area contributed by atoms with Crippen molar-refractivity contribution in [3.05, 3.63) is 52.6 Å². The maximum absolute atomic E-state index is 12.5. The summed E-state index contributed by atoms with van der Waals surface area (Å²) in [6.45, 7) is 1.91. The number of rotatable bonds is 3. The fourth-order valence-electron chi connectivity index (χ4n) is 2.18. The number of pyridine rings is 1. The minimum atomic E-state index is -0.179. The molecule has 5 nitrogen and oxygen atoms in total. The number of fused-ring (bicyclic) bond motifs is 1. The maximum Gasteiger partial charge on any atom is 0.254 e. The van der Waals surface area contributed by atoms with Crippen molar-refractivity contribution in [3.8, 4) is 0 Å². The van der Waals surface area contributed by atoms with E-state index in [0.29, 0.717) is 11.4 Å². The largest absolute Gasteiger partial charge is 0.383 e. The lowest BCUT2D eigenvalue weighted by Crippen LogP contribution is -2.27. The molecule has 0 aliphatic heterocycles. The molecular weight excluding hydrogens is 284 g/mol. The van der Waals surface area contributed by atoms with Gasteiger partial charge in [0.25, 0.3) is 5.91 Å². The summed E-state index contributed by atoms with van der Waals surface area (Å²) < 4.78 is 0. The van der Waals surface area contributed by atoms with Gasteiger partial charge < -0.3 is 11.1 Å². The van der Waals surface area contributed by atoms with Crippen LogP contribution in [-0.4, -0.2) is 15.9 Å². The zero-order valence-corrected chi connectivity index (χ0v) is 12.2. The van der Waals surface area contributed by atoms with E-state index in [1.165, 1.54) is 17.5 Å². The Bertz CT molecular complexity index is 785. The second-order valence-corrected chi connectivity index (χ2v) is 5.59. The lowest BCUT2D eigenvalue weighted by Gasteiger charge is -2.13. The second kappa shape index (κ2) is 5.49. The molecule has 3 aromatic rings. The molecule has 0 aliphatic rings. The maximum atomic E-state index is 12.5. The van der Waals surface area contributed by atoms with Crippen molar-refractivity contribution >= 4 is 33.8 Å². The van der Waals surface area contributed by atoms with Crippen molar-refractivity contribution in [1.29, 1.82) is 0 Å². The van der Waals surface area contributed by atoms with Crippen LogP contribution in [0, 0.1) is 0 Å². The molecule has 0 aliphatic carbocycles. The van der Waals surface area contributed by atoms with Crippen molar-refractivity contribution in [2.75, 3.05) is 5.73 Å². The normalized spacial score (nSPS) is 12.2. The zero-order chi connectivity index (χ0) is 14.8. The van der Waals surface area contributed by atoms with Gasteiger partial charge in [-0.25, -0.2) is 9.97 Å². The fourth-order valence-corrected chi connectivity index (χ4v) is 2.83. The van der Waals surface area contributed by atoms with Crippen LogP contribution in [0.1, 0.15) is 28.3 Å². The van der Waals surface area contributed by atoms with Crippen LogP contribution in [0.5, 0.6) is 0 Å². The number of nitrogen functional groups attached to an aromatic ring is 1. The number of aromatic nitrogens is 2. The van der Waals surface area contributed by atoms with Crippen LogP contribution in [0.2, 0.25) is 0 Å². The molecule has 106 valence electrons. The third-order valence-electron chi connectivity index (χ3n) is 3.24. The molecule has 0 spiro atoms. The summed E-state index contributed by atoms with van der Waals surface area (Å²) in [6, 6.07) is 7.34. The van der Waals surface area contributed by atoms with E-state index >= 15 is 0 Å². The minimum Gasteiger partial charge on any atom is -0.383 e. The van der Waals surface area contributed by atoms with Gasteiger partial charge in [-0.15, -0.1) is 11.3 Å². The molecule has 3 N–H and O–H groups in total. The van der Waals surface area contributed by atoms with Gasteiger partial charge in [0.1, 0.15) is 10.8 Å². The van der Waals surface area contributed by atoms with Crippen molar-refractivity contribution in [3.63, 3.8) is 0 Å². The molecule has 1 atom stereocenters. The number of nitrogens with zero attached hydrogens (tertiary/aromatic N) is 2. The number of carbonyl (C=O) groups is 1. The molecule has 1 unspecified atom stereocenters. The summed E-state index contributed by atoms with van der Waals surface area (Å²) in [5, 5.41) is 7.28. The quantitative estimate of drug-likeness (QED) is 0.779. The van der Waals surface area contributed by atoms with Crippen LogP contribution in [0.15, 0.2) is 42.0 Å². The number of carbonyl (C=O) groups excluding carboxylic acids is 1. The smallest absolute Gasteiger partial charge is 0.254 e. The van der Waals surface area contributed by atoms with Crippen LogP contribution in [0.4, 0.5) is 5.82 Å². The number of hydrogen-bond donors (Lipinski definition) is 2. The van der Waals surface area contributed by atoms with E-state index in [1.807, 2.05) is 36.6 Å². The van der Waals surface area contributed by atoms with Gasteiger partial charge in [0.2, 0.25) is 0 Å². The second-order valence-electron chi connectivity index (χ2n) is 4.67. The molecule has 0 saturated carbocycles. The topological polar surface area (TPSA) is 80.9 Å². The number of nitrogens with two attached hydrogens (primary N) is 1. The number of amides is 1. The van der Waals surface area contributed by atoms with Crippen molar-refractivity contribution in [1.82, 2.24) is 15.3 Å². The SMILES string of the molecule is CC(NC(=O)c1cnc(N)c2ccccc12)c1nccs1. The Morgan fingerprint density at radius 1 is 1.29 bits per heavy atom. The zero-order valence-electron chi connectivity index (χ0n) is 11.4. The van der Waals surface area contributed by atoms with Gasteiger partial charge in [-0.3, -0.25) is 4.79 Å². The van der Waals surface area contributed by atoms with E-state index in [1.54, 1.807) is 6.20 Å². The molecule has 6 heteroatoms. The van der Waals surface area contributed by atoms with E-state index in [2.05, 4.69) is 15.3 Å². The molecule has 1 amide bonds. The number of hydrogen-bond acceptors (Lipinski definition) is 5. The summed E-state index contributed by atoms with van der Waals surface area (Å²) in [5.41, 5.74) is 6.37. The summed E-state index contributed by atoms with van der Waals surface area (Å²) in [4.78, 5) is 20.8. The number of anilines is 1. The average molecular weight is 298 g/mol. The van der Waals surface area contributed by atoms with E-state index in [-0.39, 0.29) is 11.9 Å². The number of thiazole rings is 1. The highest BCUT2D eigenvalue weighted by molar-refractivity contribution is 7.09. The van der Waals surface area contributed by atoms with Crippen LogP contribution < -0.4 is 11.1 Å². The summed E-state index contributed by atoms with van der Waals surface area (Å²) in [5.74, 6) is 0.247. The highest BCUT2D eigenvalue weighted by Gasteiger charge is 2.16. The average Bonchev–Trinajstić information content (AvgIpc) is 3.02. The highest BCUT2D eigenvalue weighted by Crippen LogP contribution is 2.23. The Morgan fingerprint density at radius 2 is 2.05 bits per heavy atom. The summed E-state index contributed by atoms with van der Waals surface area (Å²) in [6.07, 6.45) is 3.24. The fraction of sp³-hybridized carbons (Fsp3) is 0.133. The first-order valence-electron chi connectivity index (χ1n) is 6.50. The van der Waals surface area contributed by atoms with Crippen molar-refractivity contribution in [2.24, 2.45) is 0 Å². The van der Waals surface area contributed by atoms with E-state index in [9.17, 15) is 4.79 Å². The van der Waals surface area contributed by atoms with Gasteiger partial charge in [-0.1, -0.05) is 24.3 Å². The Morgan fingerprint density at radius 3 is 2.76 bits per heavy atom. The Kier molecular flexibility index (Phi) is 3.53. The lowest BCUT2D eigenvalue weighted by atomic mass is 10.1. The molecule has 2 heterocycles. The molecule has 21 heavy (non-hydrogen) atoms. The minimum absolute atomic E-state index is 0.145. The standard InChI is InChI=1S/C15H14N4OS/c1-9(15-17-6-7-21-15)19-14(20)12-8-18-13(16)11-5-3-2-4-10(11)12/h2-9H,1H3,(H2,16,18)(H,19,20). The van der Waals surface area contributed by atoms with Gasteiger partial charge >= 0.3 is 0 Å². The molecular formula is C15H14N4OS. The lowest BCUT2D eigenvalue weighted by molar-refractivity contribution is 0.0941. The molecule has 3 rings (SSSR count). The van der Waals surface area contributed by atoms with Crippen molar-refractivity contribution < 1.29 is 4.79 Å². The monoisotopic (exact) mass is 298 g/mol. The Hall–Kier alpha value is -2.47. The Labute approximate surface area is 125 Å².